The number of anilines is 1. The minimum Gasteiger partial charge on any atom is -0.491 e. The van der Waals surface area contributed by atoms with Crippen molar-refractivity contribution >= 4 is 11.7 Å². The average Bonchev–Trinajstić information content (AvgIpc) is 2.21. The van der Waals surface area contributed by atoms with Crippen molar-refractivity contribution in [2.75, 3.05) is 12.3 Å². The molecule has 18 heavy (non-hydrogen) atoms. The maximum absolute atomic E-state index is 13.1. The Hall–Kier alpha value is -1.78. The summed E-state index contributed by atoms with van der Waals surface area (Å²) in [7, 11) is 0. The van der Waals surface area contributed by atoms with Gasteiger partial charge in [0.05, 0.1) is 13.0 Å². The van der Waals surface area contributed by atoms with Crippen LogP contribution in [0.25, 0.3) is 0 Å². The van der Waals surface area contributed by atoms with E-state index in [9.17, 15) is 9.18 Å². The molecule has 0 aliphatic carbocycles. The van der Waals surface area contributed by atoms with E-state index in [0.29, 0.717) is 0 Å². The van der Waals surface area contributed by atoms with Crippen LogP contribution >= 0.6 is 0 Å². The van der Waals surface area contributed by atoms with E-state index in [4.69, 9.17) is 15.2 Å². The van der Waals surface area contributed by atoms with Crippen molar-refractivity contribution in [2.24, 2.45) is 0 Å². The van der Waals surface area contributed by atoms with Gasteiger partial charge in [0.25, 0.3) is 0 Å². The molecular formula is C13H18FNO3. The highest BCUT2D eigenvalue weighted by Crippen LogP contribution is 2.23. The maximum Gasteiger partial charge on any atom is 0.309 e. The maximum atomic E-state index is 13.1. The van der Waals surface area contributed by atoms with Crippen LogP contribution in [-0.2, 0) is 9.53 Å². The Labute approximate surface area is 106 Å². The third kappa shape index (κ3) is 4.61. The van der Waals surface area contributed by atoms with Gasteiger partial charge in [-0.3, -0.25) is 4.79 Å². The third-order valence-corrected chi connectivity index (χ3v) is 2.00. The highest BCUT2D eigenvalue weighted by atomic mass is 19.1. The van der Waals surface area contributed by atoms with Gasteiger partial charge in [-0.2, -0.15) is 0 Å². The van der Waals surface area contributed by atoms with Gasteiger partial charge < -0.3 is 15.2 Å². The Morgan fingerprint density at radius 3 is 2.67 bits per heavy atom. The van der Waals surface area contributed by atoms with E-state index in [-0.39, 0.29) is 30.4 Å². The molecule has 0 bridgehead atoms. The number of para-hydroxylation sites is 1. The van der Waals surface area contributed by atoms with Crippen LogP contribution in [0.15, 0.2) is 18.2 Å². The monoisotopic (exact) mass is 255 g/mol. The summed E-state index contributed by atoms with van der Waals surface area (Å²) in [4.78, 5) is 11.4. The standard InChI is InChI=1S/C13H18FNO3/c1-13(2,3)18-11(16)7-8-17-10-6-4-5-9(14)12(10)15/h4-6H,7-8,15H2,1-3H3. The normalized spacial score (nSPS) is 11.1. The van der Waals surface area contributed by atoms with E-state index in [2.05, 4.69) is 0 Å². The largest absolute Gasteiger partial charge is 0.491 e. The lowest BCUT2D eigenvalue weighted by Gasteiger charge is -2.19. The van der Waals surface area contributed by atoms with Crippen LogP contribution in [0.4, 0.5) is 10.1 Å². The molecule has 1 rings (SSSR count). The molecule has 5 heteroatoms. The number of nitrogen functional groups attached to an aromatic ring is 1. The fraction of sp³-hybridized carbons (Fsp3) is 0.462. The first-order chi connectivity index (χ1) is 8.29. The lowest BCUT2D eigenvalue weighted by molar-refractivity contribution is -0.155. The van der Waals surface area contributed by atoms with Crippen molar-refractivity contribution < 1.29 is 18.7 Å². The zero-order valence-electron chi connectivity index (χ0n) is 10.8. The quantitative estimate of drug-likeness (QED) is 0.663. The number of hydrogen-bond acceptors (Lipinski definition) is 4. The molecule has 4 nitrogen and oxygen atoms in total. The molecule has 0 heterocycles. The van der Waals surface area contributed by atoms with Crippen molar-refractivity contribution in [1.82, 2.24) is 0 Å². The third-order valence-electron chi connectivity index (χ3n) is 2.00. The smallest absolute Gasteiger partial charge is 0.309 e. The summed E-state index contributed by atoms with van der Waals surface area (Å²) >= 11 is 0. The van der Waals surface area contributed by atoms with Crippen LogP contribution in [0.5, 0.6) is 5.75 Å². The van der Waals surface area contributed by atoms with E-state index in [1.54, 1.807) is 26.8 Å². The molecule has 0 amide bonds. The summed E-state index contributed by atoms with van der Waals surface area (Å²) in [6.45, 7) is 5.46. The van der Waals surface area contributed by atoms with Crippen molar-refractivity contribution in [3.8, 4) is 5.75 Å². The molecular weight excluding hydrogens is 237 g/mol. The number of ether oxygens (including phenoxy) is 2. The Bertz CT molecular complexity index is 427. The Morgan fingerprint density at radius 2 is 2.06 bits per heavy atom. The zero-order chi connectivity index (χ0) is 13.8. The molecule has 0 aliphatic rings. The number of rotatable bonds is 4. The number of benzene rings is 1. The second kappa shape index (κ2) is 5.71. The average molecular weight is 255 g/mol. The van der Waals surface area contributed by atoms with Crippen LogP contribution < -0.4 is 10.5 Å². The van der Waals surface area contributed by atoms with Crippen molar-refractivity contribution in [3.05, 3.63) is 24.0 Å². The molecule has 0 fully saturated rings. The Morgan fingerprint density at radius 1 is 1.39 bits per heavy atom. The highest BCUT2D eigenvalue weighted by molar-refractivity contribution is 5.70. The molecule has 0 aromatic heterocycles. The second-order valence-corrected chi connectivity index (χ2v) is 4.84. The molecule has 0 saturated carbocycles. The number of esters is 1. The molecule has 1 aromatic carbocycles. The molecule has 1 aromatic rings. The number of halogens is 1. The van der Waals surface area contributed by atoms with E-state index in [0.717, 1.165) is 0 Å². The van der Waals surface area contributed by atoms with Crippen molar-refractivity contribution in [1.29, 1.82) is 0 Å². The van der Waals surface area contributed by atoms with Crippen LogP contribution in [-0.4, -0.2) is 18.2 Å². The summed E-state index contributed by atoms with van der Waals surface area (Å²) in [5, 5.41) is 0. The number of carbonyl (C=O) groups excluding carboxylic acids is 1. The lowest BCUT2D eigenvalue weighted by atomic mass is 10.2. The Kier molecular flexibility index (Phi) is 4.53. The summed E-state index contributed by atoms with van der Waals surface area (Å²) < 4.78 is 23.4. The fourth-order valence-corrected chi connectivity index (χ4v) is 1.28. The predicted molar refractivity (Wildman–Crippen MR) is 66.8 cm³/mol. The van der Waals surface area contributed by atoms with Crippen LogP contribution in [0.3, 0.4) is 0 Å². The topological polar surface area (TPSA) is 61.5 Å². The van der Waals surface area contributed by atoms with Gasteiger partial charge >= 0.3 is 5.97 Å². The van der Waals surface area contributed by atoms with Gasteiger partial charge in [-0.05, 0) is 32.9 Å². The van der Waals surface area contributed by atoms with Crippen LogP contribution in [0.2, 0.25) is 0 Å². The summed E-state index contributed by atoms with van der Waals surface area (Å²) in [6.07, 6.45) is 0.0905. The van der Waals surface area contributed by atoms with E-state index >= 15 is 0 Å². The number of nitrogens with two attached hydrogens (primary N) is 1. The first kappa shape index (κ1) is 14.3. The predicted octanol–water partition coefficient (Wildman–Crippen LogP) is 2.52. The first-order valence-electron chi connectivity index (χ1n) is 5.68. The van der Waals surface area contributed by atoms with Crippen LogP contribution in [0, 0.1) is 5.82 Å². The van der Waals surface area contributed by atoms with Gasteiger partial charge in [0, 0.05) is 0 Å². The highest BCUT2D eigenvalue weighted by Gasteiger charge is 2.16. The second-order valence-electron chi connectivity index (χ2n) is 4.84. The number of carbonyl (C=O) groups is 1. The minimum atomic E-state index is -0.537. The lowest BCUT2D eigenvalue weighted by Crippen LogP contribution is -2.24. The first-order valence-corrected chi connectivity index (χ1v) is 5.68. The van der Waals surface area contributed by atoms with E-state index in [1.807, 2.05) is 0 Å². The molecule has 0 atom stereocenters. The van der Waals surface area contributed by atoms with Gasteiger partial charge in [-0.15, -0.1) is 0 Å². The molecule has 0 unspecified atom stereocenters. The molecule has 0 saturated heterocycles. The molecule has 0 spiro atoms. The summed E-state index contributed by atoms with van der Waals surface area (Å²) in [5.74, 6) is -0.666. The Balaban J connectivity index is 2.43. The van der Waals surface area contributed by atoms with Crippen molar-refractivity contribution in [3.63, 3.8) is 0 Å². The van der Waals surface area contributed by atoms with E-state index < -0.39 is 11.4 Å². The fourth-order valence-electron chi connectivity index (χ4n) is 1.28. The van der Waals surface area contributed by atoms with Gasteiger partial charge in [0.2, 0.25) is 0 Å². The van der Waals surface area contributed by atoms with Gasteiger partial charge in [0.1, 0.15) is 22.9 Å². The molecule has 0 radical (unpaired) electrons. The van der Waals surface area contributed by atoms with E-state index in [1.165, 1.54) is 12.1 Å². The SMILES string of the molecule is CC(C)(C)OC(=O)CCOc1cccc(F)c1N. The zero-order valence-corrected chi connectivity index (χ0v) is 10.8. The van der Waals surface area contributed by atoms with Gasteiger partial charge in [0.15, 0.2) is 0 Å². The van der Waals surface area contributed by atoms with Crippen molar-refractivity contribution in [2.45, 2.75) is 32.8 Å². The van der Waals surface area contributed by atoms with Crippen LogP contribution in [0.1, 0.15) is 27.2 Å². The molecule has 100 valence electrons. The summed E-state index contributed by atoms with van der Waals surface area (Å²) in [5.41, 5.74) is 4.91. The molecule has 2 N–H and O–H groups in total. The minimum absolute atomic E-state index is 0.0540. The summed E-state index contributed by atoms with van der Waals surface area (Å²) in [6, 6.07) is 4.29. The van der Waals surface area contributed by atoms with Gasteiger partial charge in [-0.25, -0.2) is 4.39 Å². The van der Waals surface area contributed by atoms with Gasteiger partial charge in [-0.1, -0.05) is 6.07 Å². The number of hydrogen-bond donors (Lipinski definition) is 1. The molecule has 0 aliphatic heterocycles.